The van der Waals surface area contributed by atoms with Gasteiger partial charge < -0.3 is 14.6 Å². The molecule has 0 saturated heterocycles. The zero-order valence-corrected chi connectivity index (χ0v) is 15.9. The van der Waals surface area contributed by atoms with Crippen molar-refractivity contribution >= 4 is 16.9 Å². The number of methoxy groups -OCH3 is 1. The number of amides is 1. The Morgan fingerprint density at radius 1 is 1.04 bits per heavy atom. The van der Waals surface area contributed by atoms with Crippen molar-refractivity contribution in [2.24, 2.45) is 0 Å². The van der Waals surface area contributed by atoms with E-state index in [2.05, 4.69) is 52.3 Å². The topological polar surface area (TPSA) is 56.1 Å². The summed E-state index contributed by atoms with van der Waals surface area (Å²) < 4.78 is 7.13. The van der Waals surface area contributed by atoms with Crippen LogP contribution in [-0.4, -0.2) is 35.7 Å². The molecule has 0 aliphatic rings. The highest BCUT2D eigenvalue weighted by Crippen LogP contribution is 2.19. The first kappa shape index (κ1) is 19.1. The smallest absolute Gasteiger partial charge is 0.245 e. The number of hydrogen-bond donors (Lipinski definition) is 1. The van der Waals surface area contributed by atoms with Crippen LogP contribution >= 0.6 is 0 Å². The summed E-state index contributed by atoms with van der Waals surface area (Å²) in [5.41, 5.74) is 3.52. The Kier molecular flexibility index (Phi) is 6.99. The van der Waals surface area contributed by atoms with Crippen molar-refractivity contribution in [3.63, 3.8) is 0 Å². The second-order valence-electron chi connectivity index (χ2n) is 6.68. The number of ether oxygens (including phenoxy) is 1. The predicted molar refractivity (Wildman–Crippen MR) is 108 cm³/mol. The molecule has 5 heteroatoms. The number of nitrogens with zero attached hydrogens (tertiary/aromatic N) is 2. The Labute approximate surface area is 160 Å². The number of benzene rings is 2. The van der Waals surface area contributed by atoms with Crippen LogP contribution in [-0.2, 0) is 22.5 Å². The van der Waals surface area contributed by atoms with E-state index in [0.29, 0.717) is 6.54 Å². The number of carbonyl (C=O) groups is 1. The maximum atomic E-state index is 11.4. The third-order valence-electron chi connectivity index (χ3n) is 4.59. The molecule has 1 N–H and O–H groups in total. The molecule has 0 saturated carbocycles. The quantitative estimate of drug-likeness (QED) is 0.559. The molecule has 27 heavy (non-hydrogen) atoms. The number of hydrogen-bond acceptors (Lipinski definition) is 3. The van der Waals surface area contributed by atoms with Crippen molar-refractivity contribution in [2.75, 3.05) is 20.3 Å². The summed E-state index contributed by atoms with van der Waals surface area (Å²) in [7, 11) is 1.53. The van der Waals surface area contributed by atoms with Crippen molar-refractivity contribution in [3.8, 4) is 0 Å². The molecule has 5 nitrogen and oxygen atoms in total. The van der Waals surface area contributed by atoms with Gasteiger partial charge in [0.1, 0.15) is 12.4 Å². The van der Waals surface area contributed by atoms with Gasteiger partial charge in [0.05, 0.1) is 11.0 Å². The number of fused-ring (bicyclic) bond motifs is 1. The number of nitrogens with one attached hydrogen (secondary N) is 1. The lowest BCUT2D eigenvalue weighted by Crippen LogP contribution is -2.27. The Morgan fingerprint density at radius 2 is 1.81 bits per heavy atom. The van der Waals surface area contributed by atoms with E-state index < -0.39 is 0 Å². The van der Waals surface area contributed by atoms with Gasteiger partial charge in [-0.3, -0.25) is 4.79 Å². The molecule has 0 aliphatic heterocycles. The zero-order chi connectivity index (χ0) is 18.9. The van der Waals surface area contributed by atoms with Gasteiger partial charge in [0.2, 0.25) is 5.91 Å². The van der Waals surface area contributed by atoms with Gasteiger partial charge in [-0.2, -0.15) is 0 Å². The van der Waals surface area contributed by atoms with Crippen molar-refractivity contribution in [2.45, 2.75) is 32.2 Å². The van der Waals surface area contributed by atoms with E-state index in [1.165, 1.54) is 18.2 Å². The van der Waals surface area contributed by atoms with E-state index in [-0.39, 0.29) is 12.5 Å². The van der Waals surface area contributed by atoms with E-state index >= 15 is 0 Å². The van der Waals surface area contributed by atoms with Gasteiger partial charge in [-0.05, 0) is 30.5 Å². The Bertz CT molecular complexity index is 858. The maximum Gasteiger partial charge on any atom is 0.245 e. The maximum absolute atomic E-state index is 11.4. The number of unbranched alkanes of at least 4 members (excludes halogenated alkanes) is 2. The van der Waals surface area contributed by atoms with Gasteiger partial charge in [0, 0.05) is 26.6 Å². The van der Waals surface area contributed by atoms with E-state index in [9.17, 15) is 4.79 Å². The van der Waals surface area contributed by atoms with Crippen molar-refractivity contribution in [1.82, 2.24) is 14.9 Å². The third-order valence-corrected chi connectivity index (χ3v) is 4.59. The first-order valence-corrected chi connectivity index (χ1v) is 9.51. The number of rotatable bonds is 10. The normalized spacial score (nSPS) is 11.0. The predicted octanol–water partition coefficient (Wildman–Crippen LogP) is 3.56. The summed E-state index contributed by atoms with van der Waals surface area (Å²) in [6.45, 7) is 1.66. The molecule has 1 heterocycles. The van der Waals surface area contributed by atoms with Crippen molar-refractivity contribution in [3.05, 3.63) is 66.0 Å². The van der Waals surface area contributed by atoms with Gasteiger partial charge in [-0.15, -0.1) is 0 Å². The standard InChI is InChI=1S/C22H27N3O2/c1-27-17-22(26)23-15-9-3-6-14-21-24-19-12-7-8-13-20(19)25(21)16-18-10-4-2-5-11-18/h2,4-5,7-8,10-13H,3,6,9,14-17H2,1H3,(H,23,26). The van der Waals surface area contributed by atoms with E-state index in [4.69, 9.17) is 9.72 Å². The SMILES string of the molecule is COCC(=O)NCCCCCc1nc2ccccc2n1Cc1ccccc1. The van der Waals surface area contributed by atoms with Gasteiger partial charge in [-0.25, -0.2) is 4.98 Å². The van der Waals surface area contributed by atoms with Crippen molar-refractivity contribution < 1.29 is 9.53 Å². The molecular weight excluding hydrogens is 338 g/mol. The highest BCUT2D eigenvalue weighted by molar-refractivity contribution is 5.77. The average Bonchev–Trinajstić information content (AvgIpc) is 3.03. The van der Waals surface area contributed by atoms with Crippen LogP contribution in [0.5, 0.6) is 0 Å². The fourth-order valence-corrected chi connectivity index (χ4v) is 3.25. The Hall–Kier alpha value is -2.66. The first-order chi connectivity index (χ1) is 13.3. The molecule has 142 valence electrons. The zero-order valence-electron chi connectivity index (χ0n) is 15.9. The largest absolute Gasteiger partial charge is 0.375 e. The molecule has 3 rings (SSSR count). The Morgan fingerprint density at radius 3 is 2.63 bits per heavy atom. The molecule has 2 aromatic carbocycles. The first-order valence-electron chi connectivity index (χ1n) is 9.51. The molecule has 0 aliphatic carbocycles. The van der Waals surface area contributed by atoms with E-state index in [1.54, 1.807) is 0 Å². The van der Waals surface area contributed by atoms with Crippen LogP contribution < -0.4 is 5.32 Å². The van der Waals surface area contributed by atoms with Crippen molar-refractivity contribution in [1.29, 1.82) is 0 Å². The number of imidazole rings is 1. The Balaban J connectivity index is 1.59. The number of aryl methyl sites for hydroxylation is 1. The lowest BCUT2D eigenvalue weighted by atomic mass is 10.1. The van der Waals surface area contributed by atoms with E-state index in [1.807, 2.05) is 12.1 Å². The lowest BCUT2D eigenvalue weighted by Gasteiger charge is -2.10. The van der Waals surface area contributed by atoms with Crippen LogP contribution in [0.25, 0.3) is 11.0 Å². The number of para-hydroxylation sites is 2. The summed E-state index contributed by atoms with van der Waals surface area (Å²) in [5.74, 6) is 1.07. The van der Waals surface area contributed by atoms with Crippen LogP contribution in [0.2, 0.25) is 0 Å². The van der Waals surface area contributed by atoms with Crippen LogP contribution in [0, 0.1) is 0 Å². The van der Waals surface area contributed by atoms with E-state index in [0.717, 1.165) is 43.6 Å². The second-order valence-corrected chi connectivity index (χ2v) is 6.68. The average molecular weight is 365 g/mol. The molecule has 0 spiro atoms. The highest BCUT2D eigenvalue weighted by atomic mass is 16.5. The van der Waals surface area contributed by atoms with Gasteiger partial charge in [0.25, 0.3) is 0 Å². The molecular formula is C22H27N3O2. The molecule has 0 radical (unpaired) electrons. The molecule has 1 amide bonds. The monoisotopic (exact) mass is 365 g/mol. The molecule has 0 atom stereocenters. The minimum Gasteiger partial charge on any atom is -0.375 e. The molecule has 0 unspecified atom stereocenters. The minimum atomic E-state index is -0.0536. The summed E-state index contributed by atoms with van der Waals surface area (Å²) in [5, 5.41) is 2.86. The van der Waals surface area contributed by atoms with Gasteiger partial charge >= 0.3 is 0 Å². The number of aromatic nitrogens is 2. The summed E-state index contributed by atoms with van der Waals surface area (Å²) >= 11 is 0. The van der Waals surface area contributed by atoms with Crippen LogP contribution in [0.3, 0.4) is 0 Å². The summed E-state index contributed by atoms with van der Waals surface area (Å²) in [4.78, 5) is 16.2. The minimum absolute atomic E-state index is 0.0536. The fraction of sp³-hybridized carbons (Fsp3) is 0.364. The molecule has 3 aromatic rings. The third kappa shape index (κ3) is 5.41. The summed E-state index contributed by atoms with van der Waals surface area (Å²) in [6.07, 6.45) is 4.02. The van der Waals surface area contributed by atoms with Crippen LogP contribution in [0.1, 0.15) is 30.7 Å². The second kappa shape index (κ2) is 9.88. The van der Waals surface area contributed by atoms with Gasteiger partial charge in [0.15, 0.2) is 0 Å². The molecule has 1 aromatic heterocycles. The molecule has 0 fully saturated rings. The van der Waals surface area contributed by atoms with Crippen LogP contribution in [0.15, 0.2) is 54.6 Å². The van der Waals surface area contributed by atoms with Gasteiger partial charge in [-0.1, -0.05) is 48.9 Å². The highest BCUT2D eigenvalue weighted by Gasteiger charge is 2.10. The lowest BCUT2D eigenvalue weighted by molar-refractivity contribution is -0.124. The summed E-state index contributed by atoms with van der Waals surface area (Å²) in [6, 6.07) is 18.8. The fourth-order valence-electron chi connectivity index (χ4n) is 3.25. The number of carbonyl (C=O) groups excluding carboxylic acids is 1. The van der Waals surface area contributed by atoms with Crippen LogP contribution in [0.4, 0.5) is 0 Å². The molecule has 0 bridgehead atoms.